The van der Waals surface area contributed by atoms with Gasteiger partial charge in [0.15, 0.2) is 0 Å². The molecule has 0 aromatic heterocycles. The molecule has 1 atom stereocenters. The van der Waals surface area contributed by atoms with Crippen LogP contribution >= 0.6 is 10.7 Å². The highest BCUT2D eigenvalue weighted by molar-refractivity contribution is 8.13. The van der Waals surface area contributed by atoms with Crippen molar-refractivity contribution >= 4 is 19.7 Å². The predicted octanol–water partition coefficient (Wildman–Crippen LogP) is 2.95. The van der Waals surface area contributed by atoms with Crippen molar-refractivity contribution in [1.82, 2.24) is 4.90 Å². The van der Waals surface area contributed by atoms with Crippen LogP contribution in [-0.4, -0.2) is 33.5 Å². The summed E-state index contributed by atoms with van der Waals surface area (Å²) in [4.78, 5) is 2.33. The van der Waals surface area contributed by atoms with Crippen molar-refractivity contribution < 1.29 is 8.42 Å². The van der Waals surface area contributed by atoms with Gasteiger partial charge in [0.25, 0.3) is 0 Å². The summed E-state index contributed by atoms with van der Waals surface area (Å²) in [6, 6.07) is 7.79. The van der Waals surface area contributed by atoms with Gasteiger partial charge in [-0.3, -0.25) is 0 Å². The van der Waals surface area contributed by atoms with E-state index in [0.29, 0.717) is 5.92 Å². The molecule has 0 aliphatic carbocycles. The monoisotopic (exact) mass is 301 g/mol. The van der Waals surface area contributed by atoms with Crippen molar-refractivity contribution in [2.75, 3.05) is 20.1 Å². The van der Waals surface area contributed by atoms with E-state index in [9.17, 15) is 8.42 Å². The Morgan fingerprint density at radius 3 is 2.74 bits per heavy atom. The fraction of sp³-hybridized carbons (Fsp3) is 0.571. The minimum atomic E-state index is -3.50. The second-order valence-corrected chi connectivity index (χ2v) is 8.09. The topological polar surface area (TPSA) is 37.4 Å². The third-order valence-corrected chi connectivity index (χ3v) is 4.76. The quantitative estimate of drug-likeness (QED) is 0.806. The molecule has 1 fully saturated rings. The number of halogens is 1. The lowest BCUT2D eigenvalue weighted by Gasteiger charge is -2.18. The van der Waals surface area contributed by atoms with Crippen LogP contribution in [-0.2, 0) is 14.8 Å². The molecule has 1 aromatic carbocycles. The number of likely N-dealkylation sites (tertiary alicyclic amines) is 1. The van der Waals surface area contributed by atoms with Gasteiger partial charge >= 0.3 is 0 Å². The molecule has 0 amide bonds. The zero-order valence-electron chi connectivity index (χ0n) is 11.2. The van der Waals surface area contributed by atoms with Crippen LogP contribution in [0.15, 0.2) is 24.3 Å². The lowest BCUT2D eigenvalue weighted by molar-refractivity contribution is 0.347. The SMILES string of the molecule is CN1CCCC(c2ccccc2CS(=O)(=O)Cl)CC1. The van der Waals surface area contributed by atoms with Crippen LogP contribution in [0.5, 0.6) is 0 Å². The normalized spacial score (nSPS) is 22.1. The molecule has 0 bridgehead atoms. The van der Waals surface area contributed by atoms with Gasteiger partial charge in [-0.1, -0.05) is 24.3 Å². The number of hydrogen-bond acceptors (Lipinski definition) is 3. The van der Waals surface area contributed by atoms with Gasteiger partial charge in [-0.2, -0.15) is 0 Å². The number of nitrogens with zero attached hydrogens (tertiary/aromatic N) is 1. The molecule has 1 heterocycles. The molecule has 1 aliphatic heterocycles. The molecule has 1 unspecified atom stereocenters. The maximum absolute atomic E-state index is 11.3. The molecule has 5 heteroatoms. The summed E-state index contributed by atoms with van der Waals surface area (Å²) >= 11 is 0. The van der Waals surface area contributed by atoms with Crippen molar-refractivity contribution in [3.63, 3.8) is 0 Å². The molecule has 1 aromatic rings. The van der Waals surface area contributed by atoms with Gasteiger partial charge in [-0.25, -0.2) is 8.42 Å². The highest BCUT2D eigenvalue weighted by Gasteiger charge is 2.20. The van der Waals surface area contributed by atoms with Gasteiger partial charge in [0.1, 0.15) is 0 Å². The molecule has 0 radical (unpaired) electrons. The Bertz CT molecular complexity index is 530. The molecular weight excluding hydrogens is 282 g/mol. The van der Waals surface area contributed by atoms with Crippen molar-refractivity contribution in [3.05, 3.63) is 35.4 Å². The molecule has 3 nitrogen and oxygen atoms in total. The second-order valence-electron chi connectivity index (χ2n) is 5.31. The molecule has 0 saturated carbocycles. The highest BCUT2D eigenvalue weighted by Crippen LogP contribution is 2.31. The van der Waals surface area contributed by atoms with Crippen molar-refractivity contribution in [3.8, 4) is 0 Å². The Hall–Kier alpha value is -0.580. The van der Waals surface area contributed by atoms with Crippen molar-refractivity contribution in [1.29, 1.82) is 0 Å². The first-order valence-electron chi connectivity index (χ1n) is 6.64. The van der Waals surface area contributed by atoms with Gasteiger partial charge in [0.2, 0.25) is 9.05 Å². The minimum Gasteiger partial charge on any atom is -0.306 e. The van der Waals surface area contributed by atoms with Gasteiger partial charge in [0, 0.05) is 10.7 Å². The summed E-state index contributed by atoms with van der Waals surface area (Å²) in [5.74, 6) is 0.372. The van der Waals surface area contributed by atoms with Gasteiger partial charge in [0.05, 0.1) is 5.75 Å². The maximum atomic E-state index is 11.3. The molecule has 106 valence electrons. The van der Waals surface area contributed by atoms with Crippen LogP contribution in [0.2, 0.25) is 0 Å². The van der Waals surface area contributed by atoms with Crippen LogP contribution in [0.4, 0.5) is 0 Å². The van der Waals surface area contributed by atoms with Gasteiger partial charge in [-0.05, 0) is 56.4 Å². The van der Waals surface area contributed by atoms with E-state index >= 15 is 0 Å². The van der Waals surface area contributed by atoms with Crippen LogP contribution in [0.3, 0.4) is 0 Å². The first kappa shape index (κ1) is 14.8. The third kappa shape index (κ3) is 4.48. The van der Waals surface area contributed by atoms with E-state index in [-0.39, 0.29) is 5.75 Å². The fourth-order valence-electron chi connectivity index (χ4n) is 2.80. The average molecular weight is 302 g/mol. The van der Waals surface area contributed by atoms with Crippen molar-refractivity contribution in [2.45, 2.75) is 30.9 Å². The Labute approximate surface area is 120 Å². The van der Waals surface area contributed by atoms with E-state index in [4.69, 9.17) is 10.7 Å². The lowest BCUT2D eigenvalue weighted by Crippen LogP contribution is -2.18. The summed E-state index contributed by atoms with van der Waals surface area (Å²) in [5, 5.41) is 0. The van der Waals surface area contributed by atoms with Crippen molar-refractivity contribution in [2.24, 2.45) is 0 Å². The molecule has 1 saturated heterocycles. The second kappa shape index (κ2) is 6.25. The first-order valence-corrected chi connectivity index (χ1v) is 9.12. The van der Waals surface area contributed by atoms with Gasteiger partial charge < -0.3 is 4.90 Å². The maximum Gasteiger partial charge on any atom is 0.236 e. The molecule has 0 N–H and O–H groups in total. The highest BCUT2D eigenvalue weighted by atomic mass is 35.7. The fourth-order valence-corrected chi connectivity index (χ4v) is 3.79. The smallest absolute Gasteiger partial charge is 0.236 e. The molecule has 19 heavy (non-hydrogen) atoms. The lowest BCUT2D eigenvalue weighted by atomic mass is 9.89. The molecule has 0 spiro atoms. The number of benzene rings is 1. The van der Waals surface area contributed by atoms with E-state index in [2.05, 4.69) is 11.9 Å². The van der Waals surface area contributed by atoms with E-state index in [1.807, 2.05) is 24.3 Å². The van der Waals surface area contributed by atoms with E-state index in [0.717, 1.165) is 43.5 Å². The Morgan fingerprint density at radius 1 is 1.26 bits per heavy atom. The summed E-state index contributed by atoms with van der Waals surface area (Å²) in [5.41, 5.74) is 2.01. The Morgan fingerprint density at radius 2 is 2.00 bits per heavy atom. The van der Waals surface area contributed by atoms with Crippen LogP contribution in [0.25, 0.3) is 0 Å². The minimum absolute atomic E-state index is 0.0724. The largest absolute Gasteiger partial charge is 0.306 e. The molecule has 1 aliphatic rings. The summed E-state index contributed by atoms with van der Waals surface area (Å²) in [7, 11) is 4.04. The third-order valence-electron chi connectivity index (χ3n) is 3.77. The first-order chi connectivity index (χ1) is 8.96. The van der Waals surface area contributed by atoms with Crippen LogP contribution in [0, 0.1) is 0 Å². The van der Waals surface area contributed by atoms with E-state index < -0.39 is 9.05 Å². The van der Waals surface area contributed by atoms with Gasteiger partial charge in [-0.15, -0.1) is 0 Å². The van der Waals surface area contributed by atoms with E-state index in [1.165, 1.54) is 0 Å². The zero-order valence-corrected chi connectivity index (χ0v) is 12.8. The van der Waals surface area contributed by atoms with Crippen LogP contribution in [0.1, 0.15) is 36.3 Å². The molecule has 2 rings (SSSR count). The standard InChI is InChI=1S/C14H20ClNO2S/c1-16-9-4-6-12(8-10-16)14-7-3-2-5-13(14)11-19(15,17)18/h2-3,5,7,12H,4,6,8-11H2,1H3. The summed E-state index contributed by atoms with van der Waals surface area (Å²) in [6.45, 7) is 2.18. The Balaban J connectivity index is 2.23. The average Bonchev–Trinajstić information content (AvgIpc) is 2.53. The zero-order chi connectivity index (χ0) is 13.9. The molecular formula is C14H20ClNO2S. The Kier molecular flexibility index (Phi) is 4.87. The number of rotatable bonds is 3. The number of hydrogen-bond donors (Lipinski definition) is 0. The summed E-state index contributed by atoms with van der Waals surface area (Å²) in [6.07, 6.45) is 3.35. The van der Waals surface area contributed by atoms with E-state index in [1.54, 1.807) is 0 Å². The van der Waals surface area contributed by atoms with Crippen LogP contribution < -0.4 is 0 Å². The predicted molar refractivity (Wildman–Crippen MR) is 79.0 cm³/mol. The summed E-state index contributed by atoms with van der Waals surface area (Å²) < 4.78 is 22.6.